The van der Waals surface area contributed by atoms with E-state index in [4.69, 9.17) is 18.7 Å². The first-order valence-corrected chi connectivity index (χ1v) is 9.42. The van der Waals surface area contributed by atoms with Gasteiger partial charge in [-0.3, -0.25) is 14.3 Å². The maximum atomic E-state index is 12.3. The maximum absolute atomic E-state index is 12.3. The average molecular weight is 407 g/mol. The fourth-order valence-corrected chi connectivity index (χ4v) is 3.24. The van der Waals surface area contributed by atoms with Crippen molar-refractivity contribution in [1.82, 2.24) is 9.55 Å². The Balaban J connectivity index is 2.46. The molecule has 1 fully saturated rings. The normalized spacial score (nSPS) is 28.1. The SMILES string of the molecule is CO[C@H](C)[C@@H](C)OC1C(O[P+](=O)O)[C@@H](CO)O[C@H]1n1cc(C)c(=O)[nH]c1=O. The maximum Gasteiger partial charge on any atom is 0.695 e. The highest BCUT2D eigenvalue weighted by Gasteiger charge is 2.52. The highest BCUT2D eigenvalue weighted by atomic mass is 31.1. The van der Waals surface area contributed by atoms with Crippen molar-refractivity contribution in [2.45, 2.75) is 57.5 Å². The molecule has 0 radical (unpaired) electrons. The average Bonchev–Trinajstić information content (AvgIpc) is 2.94. The van der Waals surface area contributed by atoms with Crippen molar-refractivity contribution in [2.24, 2.45) is 0 Å². The summed E-state index contributed by atoms with van der Waals surface area (Å²) in [6.07, 6.45) is -3.81. The molecule has 3 unspecified atom stereocenters. The van der Waals surface area contributed by atoms with Gasteiger partial charge in [-0.15, -0.1) is 9.42 Å². The van der Waals surface area contributed by atoms with Crippen molar-refractivity contribution >= 4 is 8.25 Å². The van der Waals surface area contributed by atoms with E-state index >= 15 is 0 Å². The van der Waals surface area contributed by atoms with Gasteiger partial charge in [0.25, 0.3) is 5.56 Å². The van der Waals surface area contributed by atoms with E-state index in [1.165, 1.54) is 20.2 Å². The van der Waals surface area contributed by atoms with Crippen molar-refractivity contribution in [3.05, 3.63) is 32.6 Å². The molecule has 0 saturated carbocycles. The van der Waals surface area contributed by atoms with Gasteiger partial charge >= 0.3 is 13.9 Å². The molecule has 0 bridgehead atoms. The first-order valence-electron chi connectivity index (χ1n) is 8.29. The Bertz CT molecular complexity index is 779. The van der Waals surface area contributed by atoms with Gasteiger partial charge in [0.2, 0.25) is 0 Å². The number of aromatic nitrogens is 2. The number of methoxy groups -OCH3 is 1. The standard InChI is InChI=1S/C15H23N2O9P/c1-7-5-17(15(20)16-13(7)19)14-12(24-9(3)8(2)23-4)11(26-27(21)22)10(6-18)25-14/h5,8-12,14,18H,6H2,1-4H3,(H-,16,19,20,21,22)/p+1/t8-,9-,10-,11?,12?,14-/m1/s1. The summed E-state index contributed by atoms with van der Waals surface area (Å²) in [7, 11) is -1.52. The fraction of sp³-hybridized carbons (Fsp3) is 0.733. The zero-order chi connectivity index (χ0) is 20.3. The highest BCUT2D eigenvalue weighted by Crippen LogP contribution is 2.37. The van der Waals surface area contributed by atoms with Crippen LogP contribution >= 0.6 is 8.25 Å². The van der Waals surface area contributed by atoms with Crippen LogP contribution in [0.1, 0.15) is 25.6 Å². The lowest BCUT2D eigenvalue weighted by atomic mass is 10.1. The van der Waals surface area contributed by atoms with E-state index < -0.39 is 56.8 Å². The van der Waals surface area contributed by atoms with Crippen LogP contribution in [0, 0.1) is 6.92 Å². The highest BCUT2D eigenvalue weighted by molar-refractivity contribution is 7.32. The van der Waals surface area contributed by atoms with Gasteiger partial charge in [0.15, 0.2) is 12.3 Å². The number of nitrogens with one attached hydrogen (secondary N) is 1. The predicted octanol–water partition coefficient (Wildman–Crippen LogP) is -0.422. The van der Waals surface area contributed by atoms with E-state index in [-0.39, 0.29) is 11.7 Å². The van der Waals surface area contributed by atoms with Gasteiger partial charge in [-0.25, -0.2) is 4.79 Å². The first-order chi connectivity index (χ1) is 12.7. The molecule has 1 aliphatic heterocycles. The van der Waals surface area contributed by atoms with E-state index in [0.29, 0.717) is 0 Å². The van der Waals surface area contributed by atoms with Crippen molar-refractivity contribution in [2.75, 3.05) is 13.7 Å². The van der Waals surface area contributed by atoms with Crippen molar-refractivity contribution in [3.8, 4) is 0 Å². The summed E-state index contributed by atoms with van der Waals surface area (Å²) in [6.45, 7) is 4.46. The van der Waals surface area contributed by atoms with Gasteiger partial charge in [0.05, 0.1) is 18.8 Å². The molecule has 11 nitrogen and oxygen atoms in total. The molecule has 27 heavy (non-hydrogen) atoms. The van der Waals surface area contributed by atoms with Gasteiger partial charge in [-0.2, -0.15) is 0 Å². The van der Waals surface area contributed by atoms with Crippen molar-refractivity contribution in [1.29, 1.82) is 0 Å². The molecule has 3 N–H and O–H groups in total. The van der Waals surface area contributed by atoms with Gasteiger partial charge in [0.1, 0.15) is 12.2 Å². The van der Waals surface area contributed by atoms with Crippen LogP contribution in [0.2, 0.25) is 0 Å². The second kappa shape index (κ2) is 9.16. The molecular weight excluding hydrogens is 383 g/mol. The number of nitrogens with zero attached hydrogens (tertiary/aromatic N) is 1. The molecule has 1 saturated heterocycles. The third-order valence-electron chi connectivity index (χ3n) is 4.50. The first kappa shape index (κ1) is 21.8. The number of aliphatic hydroxyl groups excluding tert-OH is 1. The van der Waals surface area contributed by atoms with Crippen LogP contribution in [0.15, 0.2) is 15.8 Å². The van der Waals surface area contributed by atoms with Crippen molar-refractivity contribution in [3.63, 3.8) is 0 Å². The summed E-state index contributed by atoms with van der Waals surface area (Å²) < 4.78 is 34.2. The smallest absolute Gasteiger partial charge is 0.394 e. The molecule has 0 aromatic carbocycles. The molecule has 0 amide bonds. The lowest BCUT2D eigenvalue weighted by Crippen LogP contribution is -2.43. The third-order valence-corrected chi connectivity index (χ3v) is 4.93. The molecule has 2 heterocycles. The second-order valence-electron chi connectivity index (χ2n) is 6.28. The molecule has 7 atom stereocenters. The Kier molecular flexibility index (Phi) is 7.40. The Morgan fingerprint density at radius 3 is 2.56 bits per heavy atom. The summed E-state index contributed by atoms with van der Waals surface area (Å²) in [5.74, 6) is 0. The predicted molar refractivity (Wildman–Crippen MR) is 92.6 cm³/mol. The van der Waals surface area contributed by atoms with Gasteiger partial charge < -0.3 is 19.3 Å². The number of aliphatic hydroxyl groups is 1. The minimum atomic E-state index is -3.02. The van der Waals surface area contributed by atoms with Crippen LogP contribution in [0.3, 0.4) is 0 Å². The van der Waals surface area contributed by atoms with Crippen LogP contribution in [0.25, 0.3) is 0 Å². The molecule has 2 rings (SSSR count). The molecular formula is C15H24N2O9P+. The quantitative estimate of drug-likeness (QED) is 0.488. The summed E-state index contributed by atoms with van der Waals surface area (Å²) in [5, 5.41) is 9.58. The minimum absolute atomic E-state index is 0.258. The number of aryl methyl sites for hydroxylation is 1. The summed E-state index contributed by atoms with van der Waals surface area (Å²) >= 11 is 0. The Hall–Kier alpha value is -1.46. The zero-order valence-corrected chi connectivity index (χ0v) is 16.3. The monoisotopic (exact) mass is 407 g/mol. The van der Waals surface area contributed by atoms with E-state index in [2.05, 4.69) is 4.98 Å². The summed E-state index contributed by atoms with van der Waals surface area (Å²) in [6, 6.07) is 0. The molecule has 0 spiro atoms. The molecule has 152 valence electrons. The third kappa shape index (κ3) is 4.88. The van der Waals surface area contributed by atoms with Crippen molar-refractivity contribution < 1.29 is 33.3 Å². The fourth-order valence-electron chi connectivity index (χ4n) is 2.78. The van der Waals surface area contributed by atoms with E-state index in [1.54, 1.807) is 13.8 Å². The second-order valence-corrected chi connectivity index (χ2v) is 6.97. The largest absolute Gasteiger partial charge is 0.695 e. The van der Waals surface area contributed by atoms with Crippen LogP contribution in [-0.4, -0.2) is 63.8 Å². The summed E-state index contributed by atoms with van der Waals surface area (Å²) in [4.78, 5) is 35.2. The molecule has 12 heteroatoms. The Labute approximate surface area is 155 Å². The molecule has 0 aliphatic carbocycles. The molecule has 1 aliphatic rings. The number of rotatable bonds is 8. The number of H-pyrrole nitrogens is 1. The van der Waals surface area contributed by atoms with Crippen LogP contribution in [-0.2, 0) is 23.3 Å². The number of hydrogen-bond acceptors (Lipinski definition) is 8. The van der Waals surface area contributed by atoms with E-state index in [9.17, 15) is 24.2 Å². The Morgan fingerprint density at radius 1 is 1.33 bits per heavy atom. The zero-order valence-electron chi connectivity index (χ0n) is 15.4. The van der Waals surface area contributed by atoms with Gasteiger partial charge in [0, 0.05) is 23.4 Å². The summed E-state index contributed by atoms with van der Waals surface area (Å²) in [5.41, 5.74) is -1.03. The van der Waals surface area contributed by atoms with Crippen LogP contribution < -0.4 is 11.2 Å². The lowest BCUT2D eigenvalue weighted by molar-refractivity contribution is -0.127. The van der Waals surface area contributed by atoms with Gasteiger partial charge in [-0.1, -0.05) is 0 Å². The van der Waals surface area contributed by atoms with Crippen LogP contribution in [0.4, 0.5) is 0 Å². The number of hydrogen-bond donors (Lipinski definition) is 3. The lowest BCUT2D eigenvalue weighted by Gasteiger charge is -2.28. The number of aromatic amines is 1. The molecule has 1 aromatic heterocycles. The topological polar surface area (TPSA) is 149 Å². The minimum Gasteiger partial charge on any atom is -0.394 e. The Morgan fingerprint density at radius 2 is 2.00 bits per heavy atom. The van der Waals surface area contributed by atoms with Gasteiger partial charge in [-0.05, 0) is 20.8 Å². The van der Waals surface area contributed by atoms with E-state index in [0.717, 1.165) is 4.57 Å². The van der Waals surface area contributed by atoms with E-state index in [1.807, 2.05) is 0 Å². The number of ether oxygens (including phenoxy) is 3. The molecule has 1 aromatic rings. The van der Waals surface area contributed by atoms with Crippen LogP contribution in [0.5, 0.6) is 0 Å².